The SMILES string of the molecule is COCCOc1ccc2c(c1)ncn2-c1ccc2cccc(-c3ccc(CN4CCN(C(=O)O)CC4)cc3)c2n1. The molecule has 0 saturated carbocycles. The van der Waals surface area contributed by atoms with Crippen molar-refractivity contribution in [2.24, 2.45) is 0 Å². The Balaban J connectivity index is 1.24. The van der Waals surface area contributed by atoms with Crippen molar-refractivity contribution in [3.63, 3.8) is 0 Å². The van der Waals surface area contributed by atoms with E-state index in [9.17, 15) is 9.90 Å². The number of nitrogens with zero attached hydrogens (tertiary/aromatic N) is 5. The first-order valence-corrected chi connectivity index (χ1v) is 13.4. The Hall–Kier alpha value is -4.47. The van der Waals surface area contributed by atoms with Crippen molar-refractivity contribution < 1.29 is 19.4 Å². The van der Waals surface area contributed by atoms with Gasteiger partial charge in [-0.1, -0.05) is 42.5 Å². The molecule has 6 rings (SSSR count). The summed E-state index contributed by atoms with van der Waals surface area (Å²) in [5.41, 5.74) is 6.10. The third-order valence-corrected chi connectivity index (χ3v) is 7.34. The van der Waals surface area contributed by atoms with E-state index in [1.807, 2.05) is 28.8 Å². The van der Waals surface area contributed by atoms with E-state index in [0.29, 0.717) is 26.3 Å². The molecule has 1 amide bonds. The molecule has 1 aliphatic rings. The summed E-state index contributed by atoms with van der Waals surface area (Å²) in [7, 11) is 1.65. The predicted octanol–water partition coefficient (Wildman–Crippen LogP) is 5.06. The van der Waals surface area contributed by atoms with Gasteiger partial charge < -0.3 is 19.5 Å². The maximum atomic E-state index is 11.2. The lowest BCUT2D eigenvalue weighted by Crippen LogP contribution is -2.47. The van der Waals surface area contributed by atoms with E-state index in [-0.39, 0.29) is 0 Å². The molecule has 0 aliphatic carbocycles. The second kappa shape index (κ2) is 11.3. The number of methoxy groups -OCH3 is 1. The fourth-order valence-corrected chi connectivity index (χ4v) is 5.16. The van der Waals surface area contributed by atoms with Crippen molar-refractivity contribution in [3.8, 4) is 22.7 Å². The number of imidazole rings is 1. The van der Waals surface area contributed by atoms with Gasteiger partial charge >= 0.3 is 6.09 Å². The largest absolute Gasteiger partial charge is 0.491 e. The van der Waals surface area contributed by atoms with E-state index < -0.39 is 6.09 Å². The van der Waals surface area contributed by atoms with Crippen LogP contribution in [0.4, 0.5) is 4.79 Å². The fraction of sp³-hybridized carbons (Fsp3) is 0.258. The van der Waals surface area contributed by atoms with E-state index in [1.165, 1.54) is 10.5 Å². The summed E-state index contributed by atoms with van der Waals surface area (Å²) in [5, 5.41) is 10.2. The average Bonchev–Trinajstić information content (AvgIpc) is 3.41. The van der Waals surface area contributed by atoms with Crippen LogP contribution >= 0.6 is 0 Å². The van der Waals surface area contributed by atoms with Crippen LogP contribution in [0.5, 0.6) is 5.75 Å². The van der Waals surface area contributed by atoms with Gasteiger partial charge in [-0.25, -0.2) is 14.8 Å². The first kappa shape index (κ1) is 25.8. The van der Waals surface area contributed by atoms with Crippen LogP contribution in [-0.4, -0.2) is 82.0 Å². The Labute approximate surface area is 232 Å². The van der Waals surface area contributed by atoms with E-state index in [0.717, 1.165) is 64.3 Å². The molecular formula is C31H31N5O4. The number of para-hydroxylation sites is 1. The standard InChI is InChI=1S/C31H31N5O4/c1-39-17-18-40-25-10-11-28-27(19-25)32-21-36(28)29-12-9-24-3-2-4-26(30(24)33-29)23-7-5-22(6-8-23)20-34-13-15-35(16-14-34)31(37)38/h2-12,19,21H,13-18,20H2,1H3,(H,37,38). The second-order valence-electron chi connectivity index (χ2n) is 9.90. The van der Waals surface area contributed by atoms with E-state index >= 15 is 0 Å². The van der Waals surface area contributed by atoms with Gasteiger partial charge in [0, 0.05) is 56.8 Å². The number of piperazine rings is 1. The summed E-state index contributed by atoms with van der Waals surface area (Å²) >= 11 is 0. The molecular weight excluding hydrogens is 506 g/mol. The minimum atomic E-state index is -0.838. The predicted molar refractivity (Wildman–Crippen MR) is 154 cm³/mol. The maximum absolute atomic E-state index is 11.2. The Morgan fingerprint density at radius 3 is 2.55 bits per heavy atom. The van der Waals surface area contributed by atoms with Crippen molar-refractivity contribution >= 4 is 28.0 Å². The Morgan fingerprint density at radius 2 is 1.77 bits per heavy atom. The number of benzene rings is 3. The zero-order valence-corrected chi connectivity index (χ0v) is 22.4. The number of aromatic nitrogens is 3. The molecule has 0 unspecified atom stereocenters. The molecule has 2 aromatic heterocycles. The number of fused-ring (bicyclic) bond motifs is 2. The Kier molecular flexibility index (Phi) is 7.31. The van der Waals surface area contributed by atoms with Gasteiger partial charge in [0.1, 0.15) is 24.5 Å². The summed E-state index contributed by atoms with van der Waals surface area (Å²) in [6.45, 7) is 4.41. The number of hydrogen-bond acceptors (Lipinski definition) is 6. The van der Waals surface area contributed by atoms with E-state index in [4.69, 9.17) is 14.5 Å². The van der Waals surface area contributed by atoms with Gasteiger partial charge in [0.05, 0.1) is 23.2 Å². The van der Waals surface area contributed by atoms with Gasteiger partial charge in [-0.2, -0.15) is 0 Å². The number of amides is 1. The molecule has 204 valence electrons. The lowest BCUT2D eigenvalue weighted by molar-refractivity contribution is 0.103. The molecule has 1 aliphatic heterocycles. The van der Waals surface area contributed by atoms with Crippen LogP contribution in [0.15, 0.2) is 79.1 Å². The van der Waals surface area contributed by atoms with Crippen LogP contribution in [0.2, 0.25) is 0 Å². The topological polar surface area (TPSA) is 93.0 Å². The molecule has 1 fully saturated rings. The first-order chi connectivity index (χ1) is 19.6. The second-order valence-corrected chi connectivity index (χ2v) is 9.90. The minimum absolute atomic E-state index is 0.489. The highest BCUT2D eigenvalue weighted by Gasteiger charge is 2.20. The van der Waals surface area contributed by atoms with Crippen LogP contribution in [0.3, 0.4) is 0 Å². The highest BCUT2D eigenvalue weighted by molar-refractivity contribution is 5.94. The summed E-state index contributed by atoms with van der Waals surface area (Å²) in [6, 6.07) is 24.8. The fourth-order valence-electron chi connectivity index (χ4n) is 5.16. The van der Waals surface area contributed by atoms with Crippen molar-refractivity contribution in [2.45, 2.75) is 6.54 Å². The third-order valence-electron chi connectivity index (χ3n) is 7.34. The van der Waals surface area contributed by atoms with E-state index in [2.05, 4.69) is 58.4 Å². The summed E-state index contributed by atoms with van der Waals surface area (Å²) < 4.78 is 12.8. The van der Waals surface area contributed by atoms with Crippen LogP contribution in [-0.2, 0) is 11.3 Å². The zero-order valence-electron chi connectivity index (χ0n) is 22.4. The smallest absolute Gasteiger partial charge is 0.407 e. The molecule has 3 aromatic carbocycles. The number of hydrogen-bond donors (Lipinski definition) is 1. The normalized spacial score (nSPS) is 14.2. The molecule has 5 aromatic rings. The van der Waals surface area contributed by atoms with Crippen molar-refractivity contribution in [1.82, 2.24) is 24.3 Å². The average molecular weight is 538 g/mol. The number of pyridine rings is 1. The highest BCUT2D eigenvalue weighted by Crippen LogP contribution is 2.30. The lowest BCUT2D eigenvalue weighted by atomic mass is 10.0. The van der Waals surface area contributed by atoms with Crippen LogP contribution in [0.1, 0.15) is 5.56 Å². The van der Waals surface area contributed by atoms with Gasteiger partial charge in [-0.05, 0) is 35.4 Å². The Bertz CT molecular complexity index is 1640. The number of carbonyl (C=O) groups is 1. The van der Waals surface area contributed by atoms with Gasteiger partial charge in [0.25, 0.3) is 0 Å². The molecule has 40 heavy (non-hydrogen) atoms. The molecule has 0 bridgehead atoms. The maximum Gasteiger partial charge on any atom is 0.407 e. The van der Waals surface area contributed by atoms with Crippen molar-refractivity contribution in [1.29, 1.82) is 0 Å². The molecule has 0 radical (unpaired) electrons. The van der Waals surface area contributed by atoms with Gasteiger partial charge in [-0.3, -0.25) is 9.47 Å². The Morgan fingerprint density at radius 1 is 0.950 bits per heavy atom. The van der Waals surface area contributed by atoms with Crippen molar-refractivity contribution in [3.05, 3.63) is 84.7 Å². The summed E-state index contributed by atoms with van der Waals surface area (Å²) in [6.07, 6.45) is 0.959. The van der Waals surface area contributed by atoms with Crippen molar-refractivity contribution in [2.75, 3.05) is 46.5 Å². The zero-order chi connectivity index (χ0) is 27.5. The molecule has 9 nitrogen and oxygen atoms in total. The number of rotatable bonds is 8. The third kappa shape index (κ3) is 5.34. The summed E-state index contributed by atoms with van der Waals surface area (Å²) in [5.74, 6) is 1.56. The molecule has 1 saturated heterocycles. The number of ether oxygens (including phenoxy) is 2. The summed E-state index contributed by atoms with van der Waals surface area (Å²) in [4.78, 5) is 24.6. The lowest BCUT2D eigenvalue weighted by Gasteiger charge is -2.33. The number of carboxylic acid groups (broad SMARTS) is 1. The van der Waals surface area contributed by atoms with E-state index in [1.54, 1.807) is 13.4 Å². The van der Waals surface area contributed by atoms with Crippen LogP contribution in [0, 0.1) is 0 Å². The molecule has 0 atom stereocenters. The molecule has 3 heterocycles. The van der Waals surface area contributed by atoms with Gasteiger partial charge in [-0.15, -0.1) is 0 Å². The highest BCUT2D eigenvalue weighted by atomic mass is 16.5. The van der Waals surface area contributed by atoms with Gasteiger partial charge in [0.2, 0.25) is 0 Å². The quantitative estimate of drug-likeness (QED) is 0.277. The molecule has 9 heteroatoms. The van der Waals surface area contributed by atoms with Crippen LogP contribution < -0.4 is 4.74 Å². The molecule has 0 spiro atoms. The monoisotopic (exact) mass is 537 g/mol. The first-order valence-electron chi connectivity index (χ1n) is 13.4. The molecule has 1 N–H and O–H groups in total. The van der Waals surface area contributed by atoms with Crippen LogP contribution in [0.25, 0.3) is 38.9 Å². The van der Waals surface area contributed by atoms with Gasteiger partial charge in [0.15, 0.2) is 0 Å². The minimum Gasteiger partial charge on any atom is -0.491 e.